The minimum atomic E-state index is -0.0555. The number of nitrogens with zero attached hydrogens (tertiary/aromatic N) is 3. The summed E-state index contributed by atoms with van der Waals surface area (Å²) in [5.41, 5.74) is 5.09. The predicted molar refractivity (Wildman–Crippen MR) is 102 cm³/mol. The third kappa shape index (κ3) is 3.28. The average molecular weight is 344 g/mol. The third-order valence-electron chi connectivity index (χ3n) is 4.60. The zero-order valence-electron chi connectivity index (χ0n) is 14.6. The summed E-state index contributed by atoms with van der Waals surface area (Å²) in [4.78, 5) is 23.1. The summed E-state index contributed by atoms with van der Waals surface area (Å²) in [6.07, 6.45) is 4.07. The van der Waals surface area contributed by atoms with Gasteiger partial charge in [0.05, 0.1) is 5.56 Å². The second kappa shape index (κ2) is 6.96. The van der Waals surface area contributed by atoms with Crippen molar-refractivity contribution in [2.24, 2.45) is 0 Å². The standard InChI is InChI=1S/C21H20N4O/c1-15-6-8-16(9-7-15)12-22-21-23-13-18(14-24-21)20(26)25-11-10-17-4-2-3-5-19(17)25/h2-9,13-14H,10-12H2,1H3,(H,22,23,24). The molecule has 0 bridgehead atoms. The molecule has 0 saturated carbocycles. The molecule has 1 aliphatic rings. The van der Waals surface area contributed by atoms with Gasteiger partial charge in [0.25, 0.3) is 5.91 Å². The molecule has 1 aromatic heterocycles. The molecule has 4 rings (SSSR count). The summed E-state index contributed by atoms with van der Waals surface area (Å²) in [6.45, 7) is 3.41. The highest BCUT2D eigenvalue weighted by molar-refractivity contribution is 6.06. The van der Waals surface area contributed by atoms with Crippen LogP contribution in [0.5, 0.6) is 0 Å². The van der Waals surface area contributed by atoms with Gasteiger partial charge >= 0.3 is 0 Å². The van der Waals surface area contributed by atoms with Crippen LogP contribution in [0.1, 0.15) is 27.0 Å². The van der Waals surface area contributed by atoms with E-state index in [9.17, 15) is 4.79 Å². The number of aromatic nitrogens is 2. The van der Waals surface area contributed by atoms with Crippen LogP contribution < -0.4 is 10.2 Å². The number of carbonyl (C=O) groups excluding carboxylic acids is 1. The number of hydrogen-bond donors (Lipinski definition) is 1. The molecule has 3 aromatic rings. The van der Waals surface area contributed by atoms with E-state index in [4.69, 9.17) is 0 Å². The normalized spacial score (nSPS) is 12.7. The Labute approximate surface area is 152 Å². The van der Waals surface area contributed by atoms with Gasteiger partial charge in [0.1, 0.15) is 0 Å². The Morgan fingerprint density at radius 1 is 1.08 bits per heavy atom. The van der Waals surface area contributed by atoms with E-state index in [-0.39, 0.29) is 5.91 Å². The zero-order chi connectivity index (χ0) is 17.9. The van der Waals surface area contributed by atoms with Crippen LogP contribution in [0.15, 0.2) is 60.9 Å². The molecular formula is C21H20N4O. The minimum Gasteiger partial charge on any atom is -0.350 e. The highest BCUT2D eigenvalue weighted by Crippen LogP contribution is 2.28. The number of anilines is 2. The Morgan fingerprint density at radius 2 is 1.81 bits per heavy atom. The van der Waals surface area contributed by atoms with Crippen molar-refractivity contribution >= 4 is 17.5 Å². The van der Waals surface area contributed by atoms with Crippen LogP contribution in [0.25, 0.3) is 0 Å². The summed E-state index contributed by atoms with van der Waals surface area (Å²) < 4.78 is 0. The van der Waals surface area contributed by atoms with Gasteiger partial charge in [0.2, 0.25) is 5.95 Å². The molecule has 1 aliphatic heterocycles. The molecule has 0 saturated heterocycles. The van der Waals surface area contributed by atoms with Crippen LogP contribution >= 0.6 is 0 Å². The summed E-state index contributed by atoms with van der Waals surface area (Å²) in [6, 6.07) is 16.3. The molecule has 5 nitrogen and oxygen atoms in total. The fraction of sp³-hybridized carbons (Fsp3) is 0.190. The first kappa shape index (κ1) is 16.3. The largest absolute Gasteiger partial charge is 0.350 e. The smallest absolute Gasteiger partial charge is 0.261 e. The van der Waals surface area contributed by atoms with Crippen molar-refractivity contribution in [1.82, 2.24) is 9.97 Å². The molecule has 5 heteroatoms. The molecule has 1 amide bonds. The monoisotopic (exact) mass is 344 g/mol. The maximum atomic E-state index is 12.8. The van der Waals surface area contributed by atoms with E-state index in [1.165, 1.54) is 11.1 Å². The van der Waals surface area contributed by atoms with E-state index >= 15 is 0 Å². The van der Waals surface area contributed by atoms with Crippen molar-refractivity contribution in [1.29, 1.82) is 0 Å². The summed E-state index contributed by atoms with van der Waals surface area (Å²) in [5, 5.41) is 3.18. The lowest BCUT2D eigenvalue weighted by Gasteiger charge is -2.17. The minimum absolute atomic E-state index is 0.0555. The molecule has 0 unspecified atom stereocenters. The Hall–Kier alpha value is -3.21. The molecule has 1 N–H and O–H groups in total. The lowest BCUT2D eigenvalue weighted by Crippen LogP contribution is -2.29. The van der Waals surface area contributed by atoms with Gasteiger partial charge in [-0.25, -0.2) is 9.97 Å². The van der Waals surface area contributed by atoms with Gasteiger partial charge in [0, 0.05) is 31.2 Å². The topological polar surface area (TPSA) is 58.1 Å². The van der Waals surface area contributed by atoms with E-state index in [1.54, 1.807) is 17.3 Å². The number of carbonyl (C=O) groups is 1. The van der Waals surface area contributed by atoms with E-state index in [0.717, 1.165) is 17.7 Å². The van der Waals surface area contributed by atoms with Crippen molar-refractivity contribution in [3.05, 3.63) is 83.2 Å². The van der Waals surface area contributed by atoms with Crippen molar-refractivity contribution in [3.63, 3.8) is 0 Å². The summed E-state index contributed by atoms with van der Waals surface area (Å²) in [5.74, 6) is 0.462. The second-order valence-electron chi connectivity index (χ2n) is 6.47. The van der Waals surface area contributed by atoms with E-state index < -0.39 is 0 Å². The van der Waals surface area contributed by atoms with Gasteiger partial charge in [-0.05, 0) is 30.5 Å². The first-order valence-electron chi connectivity index (χ1n) is 8.72. The van der Waals surface area contributed by atoms with Crippen LogP contribution in [0.4, 0.5) is 11.6 Å². The van der Waals surface area contributed by atoms with Gasteiger partial charge < -0.3 is 10.2 Å². The number of aryl methyl sites for hydroxylation is 1. The molecule has 0 atom stereocenters. The second-order valence-corrected chi connectivity index (χ2v) is 6.47. The van der Waals surface area contributed by atoms with Gasteiger partial charge in [-0.3, -0.25) is 4.79 Å². The molecule has 2 heterocycles. The van der Waals surface area contributed by atoms with E-state index in [1.807, 2.05) is 18.2 Å². The lowest BCUT2D eigenvalue weighted by atomic mass is 10.1. The van der Waals surface area contributed by atoms with Crippen LogP contribution in [-0.4, -0.2) is 22.4 Å². The molecule has 2 aromatic carbocycles. The summed E-state index contributed by atoms with van der Waals surface area (Å²) in [7, 11) is 0. The molecule has 0 radical (unpaired) electrons. The molecule has 130 valence electrons. The van der Waals surface area contributed by atoms with Crippen molar-refractivity contribution < 1.29 is 4.79 Å². The van der Waals surface area contributed by atoms with Crippen LogP contribution in [0.2, 0.25) is 0 Å². The van der Waals surface area contributed by atoms with Gasteiger partial charge in [-0.1, -0.05) is 48.0 Å². The molecule has 0 fully saturated rings. The Bertz CT molecular complexity index is 920. The zero-order valence-corrected chi connectivity index (χ0v) is 14.6. The Morgan fingerprint density at radius 3 is 2.58 bits per heavy atom. The number of fused-ring (bicyclic) bond motifs is 1. The van der Waals surface area contributed by atoms with Gasteiger partial charge in [0.15, 0.2) is 0 Å². The highest BCUT2D eigenvalue weighted by Gasteiger charge is 2.25. The number of nitrogens with one attached hydrogen (secondary N) is 1. The average Bonchev–Trinajstić information content (AvgIpc) is 3.11. The van der Waals surface area contributed by atoms with Crippen LogP contribution in [0, 0.1) is 6.92 Å². The van der Waals surface area contributed by atoms with Crippen LogP contribution in [-0.2, 0) is 13.0 Å². The number of rotatable bonds is 4. The highest BCUT2D eigenvalue weighted by atomic mass is 16.2. The number of para-hydroxylation sites is 1. The van der Waals surface area contributed by atoms with Crippen LogP contribution in [0.3, 0.4) is 0 Å². The van der Waals surface area contributed by atoms with E-state index in [2.05, 4.69) is 52.5 Å². The molecule has 0 aliphatic carbocycles. The Kier molecular flexibility index (Phi) is 4.35. The fourth-order valence-corrected chi connectivity index (χ4v) is 3.12. The van der Waals surface area contributed by atoms with Crippen molar-refractivity contribution in [2.75, 3.05) is 16.8 Å². The van der Waals surface area contributed by atoms with Gasteiger partial charge in [-0.2, -0.15) is 0 Å². The number of benzene rings is 2. The lowest BCUT2D eigenvalue weighted by molar-refractivity contribution is 0.0988. The first-order chi connectivity index (χ1) is 12.7. The maximum Gasteiger partial charge on any atom is 0.261 e. The predicted octanol–water partition coefficient (Wildman–Crippen LogP) is 3.60. The summed E-state index contributed by atoms with van der Waals surface area (Å²) >= 11 is 0. The maximum absolute atomic E-state index is 12.8. The molecule has 0 spiro atoms. The quantitative estimate of drug-likeness (QED) is 0.786. The number of amides is 1. The fourth-order valence-electron chi connectivity index (χ4n) is 3.12. The van der Waals surface area contributed by atoms with Gasteiger partial charge in [-0.15, -0.1) is 0 Å². The first-order valence-corrected chi connectivity index (χ1v) is 8.72. The Balaban J connectivity index is 1.43. The third-order valence-corrected chi connectivity index (χ3v) is 4.60. The SMILES string of the molecule is Cc1ccc(CNc2ncc(C(=O)N3CCc4ccccc43)cn2)cc1. The van der Waals surface area contributed by atoms with Crippen molar-refractivity contribution in [2.45, 2.75) is 19.9 Å². The van der Waals surface area contributed by atoms with Crippen molar-refractivity contribution in [3.8, 4) is 0 Å². The van der Waals surface area contributed by atoms with E-state index in [0.29, 0.717) is 24.6 Å². The molecule has 26 heavy (non-hydrogen) atoms. The molecular weight excluding hydrogens is 324 g/mol. The number of hydrogen-bond acceptors (Lipinski definition) is 4.